The Morgan fingerprint density at radius 2 is 2.17 bits per heavy atom. The second-order valence-corrected chi connectivity index (χ2v) is 2.02. The minimum Gasteiger partial charge on any atom is -0.464 e. The van der Waals surface area contributed by atoms with Gasteiger partial charge < -0.3 is 5.11 Å². The van der Waals surface area contributed by atoms with Crippen molar-refractivity contribution in [3.63, 3.8) is 0 Å². The second kappa shape index (κ2) is 3.51. The molecule has 1 aromatic rings. The van der Waals surface area contributed by atoms with E-state index < -0.39 is 6.09 Å². The number of nitrogens with one attached hydrogen (secondary N) is 1. The molecule has 2 N–H and O–H groups in total. The van der Waals surface area contributed by atoms with Crippen molar-refractivity contribution >= 4 is 12.0 Å². The van der Waals surface area contributed by atoms with Crippen LogP contribution in [0.15, 0.2) is 18.5 Å². The van der Waals surface area contributed by atoms with E-state index in [2.05, 4.69) is 15.4 Å². The maximum atomic E-state index is 10.2. The molecule has 0 fully saturated rings. The van der Waals surface area contributed by atoms with E-state index >= 15 is 0 Å². The van der Waals surface area contributed by atoms with Crippen LogP contribution < -0.4 is 10.4 Å². The number of rotatable bonds is 2. The Labute approximate surface area is 68.8 Å². The summed E-state index contributed by atoms with van der Waals surface area (Å²) in [4.78, 5) is 17.8. The van der Waals surface area contributed by atoms with Crippen LogP contribution in [0.2, 0.25) is 0 Å². The van der Waals surface area contributed by atoms with E-state index in [1.807, 2.05) is 0 Å². The first-order valence-electron chi connectivity index (χ1n) is 3.20. The third-order valence-electron chi connectivity index (χ3n) is 1.12. The summed E-state index contributed by atoms with van der Waals surface area (Å²) in [7, 11) is 1.52. The number of hydrazine groups is 1. The molecule has 1 amide bonds. The molecule has 0 saturated carbocycles. The van der Waals surface area contributed by atoms with Crippen LogP contribution in [0.25, 0.3) is 0 Å². The first kappa shape index (κ1) is 8.25. The van der Waals surface area contributed by atoms with Gasteiger partial charge in [0.05, 0.1) is 0 Å². The number of aromatic nitrogens is 2. The summed E-state index contributed by atoms with van der Waals surface area (Å²) < 4.78 is 0. The molecule has 0 aromatic carbocycles. The smallest absolute Gasteiger partial charge is 0.423 e. The van der Waals surface area contributed by atoms with E-state index in [9.17, 15) is 4.79 Å². The maximum absolute atomic E-state index is 10.2. The van der Waals surface area contributed by atoms with E-state index in [-0.39, 0.29) is 0 Å². The number of carbonyl (C=O) groups is 1. The van der Waals surface area contributed by atoms with E-state index in [4.69, 9.17) is 5.11 Å². The zero-order chi connectivity index (χ0) is 8.97. The molecule has 1 rings (SSSR count). The van der Waals surface area contributed by atoms with Crippen LogP contribution in [0.5, 0.6) is 0 Å². The molecular weight excluding hydrogens is 160 g/mol. The normalized spacial score (nSPS) is 9.08. The van der Waals surface area contributed by atoms with Gasteiger partial charge in [0.2, 0.25) is 5.95 Å². The third kappa shape index (κ3) is 2.08. The number of hydrogen-bond acceptors (Lipinski definition) is 4. The molecule has 0 atom stereocenters. The van der Waals surface area contributed by atoms with Gasteiger partial charge in [0.1, 0.15) is 0 Å². The quantitative estimate of drug-likeness (QED) is 0.612. The number of hydrogen-bond donors (Lipinski definition) is 2. The first-order valence-corrected chi connectivity index (χ1v) is 3.20. The van der Waals surface area contributed by atoms with Crippen LogP contribution in [0.4, 0.5) is 10.7 Å². The third-order valence-corrected chi connectivity index (χ3v) is 1.12. The molecule has 0 aliphatic rings. The summed E-state index contributed by atoms with van der Waals surface area (Å²) in [6, 6.07) is 1.65. The van der Waals surface area contributed by atoms with Crippen LogP contribution >= 0.6 is 0 Å². The van der Waals surface area contributed by atoms with Gasteiger partial charge in [-0.3, -0.25) is 5.01 Å². The fraction of sp³-hybridized carbons (Fsp3) is 0.167. The summed E-state index contributed by atoms with van der Waals surface area (Å²) in [5.74, 6) is 0.305. The Morgan fingerprint density at radius 3 is 2.67 bits per heavy atom. The first-order chi connectivity index (χ1) is 5.70. The largest absolute Gasteiger partial charge is 0.464 e. The highest BCUT2D eigenvalue weighted by molar-refractivity contribution is 5.66. The van der Waals surface area contributed by atoms with Gasteiger partial charge in [-0.25, -0.2) is 20.2 Å². The molecule has 0 unspecified atom stereocenters. The standard InChI is InChI=1S/C6H8N4O2/c1-10(9-6(11)12)5-7-3-2-4-8-5/h2-4,9H,1H3,(H,11,12). The fourth-order valence-electron chi connectivity index (χ4n) is 0.658. The lowest BCUT2D eigenvalue weighted by Gasteiger charge is -2.14. The molecule has 0 saturated heterocycles. The topological polar surface area (TPSA) is 78.4 Å². The van der Waals surface area contributed by atoms with Crippen molar-refractivity contribution in [2.45, 2.75) is 0 Å². The molecule has 1 heterocycles. The van der Waals surface area contributed by atoms with E-state index in [0.29, 0.717) is 5.95 Å². The number of carboxylic acid groups (broad SMARTS) is 1. The molecule has 1 aromatic heterocycles. The molecule has 0 aliphatic heterocycles. The molecule has 6 nitrogen and oxygen atoms in total. The Balaban J connectivity index is 2.65. The molecular formula is C6H8N4O2. The van der Waals surface area contributed by atoms with Gasteiger partial charge in [-0.15, -0.1) is 0 Å². The summed E-state index contributed by atoms with van der Waals surface area (Å²) >= 11 is 0. The van der Waals surface area contributed by atoms with Crippen LogP contribution in [0.1, 0.15) is 0 Å². The van der Waals surface area contributed by atoms with E-state index in [1.54, 1.807) is 6.07 Å². The van der Waals surface area contributed by atoms with Crippen molar-refractivity contribution in [1.82, 2.24) is 15.4 Å². The van der Waals surface area contributed by atoms with Crippen molar-refractivity contribution in [2.24, 2.45) is 0 Å². The average Bonchev–Trinajstić information content (AvgIpc) is 2.05. The van der Waals surface area contributed by atoms with Gasteiger partial charge in [-0.2, -0.15) is 0 Å². The SMILES string of the molecule is CN(NC(=O)O)c1ncccn1. The van der Waals surface area contributed by atoms with Crippen LogP contribution in [-0.2, 0) is 0 Å². The summed E-state index contributed by atoms with van der Waals surface area (Å²) in [6.45, 7) is 0. The zero-order valence-corrected chi connectivity index (χ0v) is 6.43. The number of amides is 1. The van der Waals surface area contributed by atoms with Gasteiger partial charge in [-0.05, 0) is 6.07 Å². The Morgan fingerprint density at radius 1 is 1.58 bits per heavy atom. The minimum absolute atomic E-state index is 0.305. The average molecular weight is 168 g/mol. The number of anilines is 1. The van der Waals surface area contributed by atoms with Crippen molar-refractivity contribution in [2.75, 3.05) is 12.1 Å². The molecule has 6 heteroatoms. The summed E-state index contributed by atoms with van der Waals surface area (Å²) in [5.41, 5.74) is 2.08. The summed E-state index contributed by atoms with van der Waals surface area (Å²) in [6.07, 6.45) is 1.91. The van der Waals surface area contributed by atoms with E-state index in [1.165, 1.54) is 24.5 Å². The van der Waals surface area contributed by atoms with Crippen molar-refractivity contribution < 1.29 is 9.90 Å². The molecule has 0 radical (unpaired) electrons. The van der Waals surface area contributed by atoms with Gasteiger partial charge in [0, 0.05) is 19.4 Å². The fourth-order valence-corrected chi connectivity index (χ4v) is 0.658. The highest BCUT2D eigenvalue weighted by Gasteiger charge is 2.04. The second-order valence-electron chi connectivity index (χ2n) is 2.02. The predicted octanol–water partition coefficient (Wildman–Crippen LogP) is 0.0954. The Hall–Kier alpha value is -1.85. The van der Waals surface area contributed by atoms with Crippen molar-refractivity contribution in [1.29, 1.82) is 0 Å². The maximum Gasteiger partial charge on any atom is 0.423 e. The Kier molecular flexibility index (Phi) is 2.42. The lowest BCUT2D eigenvalue weighted by Crippen LogP contribution is -2.39. The van der Waals surface area contributed by atoms with Gasteiger partial charge in [-0.1, -0.05) is 0 Å². The lowest BCUT2D eigenvalue weighted by molar-refractivity contribution is 0.194. The molecule has 0 aliphatic carbocycles. The monoisotopic (exact) mass is 168 g/mol. The van der Waals surface area contributed by atoms with E-state index in [0.717, 1.165) is 0 Å². The molecule has 0 bridgehead atoms. The molecule has 64 valence electrons. The van der Waals surface area contributed by atoms with Gasteiger partial charge in [0.15, 0.2) is 0 Å². The van der Waals surface area contributed by atoms with Crippen molar-refractivity contribution in [3.8, 4) is 0 Å². The predicted molar refractivity (Wildman–Crippen MR) is 41.6 cm³/mol. The Bertz CT molecular complexity index is 264. The number of nitrogens with zero attached hydrogens (tertiary/aromatic N) is 3. The zero-order valence-electron chi connectivity index (χ0n) is 6.43. The van der Waals surface area contributed by atoms with Crippen LogP contribution in [0.3, 0.4) is 0 Å². The van der Waals surface area contributed by atoms with Crippen LogP contribution in [0, 0.1) is 0 Å². The highest BCUT2D eigenvalue weighted by Crippen LogP contribution is 1.97. The van der Waals surface area contributed by atoms with Gasteiger partial charge in [0.25, 0.3) is 0 Å². The molecule has 12 heavy (non-hydrogen) atoms. The lowest BCUT2D eigenvalue weighted by atomic mass is 10.7. The molecule has 0 spiro atoms. The van der Waals surface area contributed by atoms with Crippen molar-refractivity contribution in [3.05, 3.63) is 18.5 Å². The summed E-state index contributed by atoms with van der Waals surface area (Å²) in [5, 5.41) is 9.55. The minimum atomic E-state index is -1.15. The van der Waals surface area contributed by atoms with Crippen LogP contribution in [-0.4, -0.2) is 28.2 Å². The highest BCUT2D eigenvalue weighted by atomic mass is 16.4. The van der Waals surface area contributed by atoms with Gasteiger partial charge >= 0.3 is 6.09 Å².